The summed E-state index contributed by atoms with van der Waals surface area (Å²) in [5, 5.41) is 13.1. The summed E-state index contributed by atoms with van der Waals surface area (Å²) in [7, 11) is 1.49. The van der Waals surface area contributed by atoms with Crippen LogP contribution in [0.3, 0.4) is 0 Å². The second-order valence-electron chi connectivity index (χ2n) is 5.89. The predicted molar refractivity (Wildman–Crippen MR) is 92.1 cm³/mol. The van der Waals surface area contributed by atoms with Gasteiger partial charge in [-0.3, -0.25) is 9.69 Å². The molecule has 3 rings (SSSR count). The topological polar surface area (TPSA) is 61.8 Å². The first-order valence-corrected chi connectivity index (χ1v) is 8.24. The van der Waals surface area contributed by atoms with Gasteiger partial charge in [0, 0.05) is 6.04 Å². The molecule has 1 aliphatic heterocycles. The number of methoxy groups -OCH3 is 1. The Balaban J connectivity index is 1.83. The maximum atomic E-state index is 12.7. The van der Waals surface area contributed by atoms with Gasteiger partial charge in [-0.2, -0.15) is 0 Å². The average Bonchev–Trinajstić information content (AvgIpc) is 2.84. The van der Waals surface area contributed by atoms with E-state index in [1.807, 2.05) is 0 Å². The van der Waals surface area contributed by atoms with Gasteiger partial charge in [0.1, 0.15) is 5.70 Å². The van der Waals surface area contributed by atoms with E-state index in [2.05, 4.69) is 5.32 Å². The van der Waals surface area contributed by atoms with E-state index in [-0.39, 0.29) is 17.7 Å². The van der Waals surface area contributed by atoms with Crippen LogP contribution in [0.5, 0.6) is 11.5 Å². The van der Waals surface area contributed by atoms with Crippen LogP contribution in [-0.2, 0) is 4.79 Å². The Bertz CT molecular complexity index is 666. The SMILES string of the molecule is COc1cc(/C=C2/NC(=S)N(C3CCCCC3)C2=O)ccc1O. The zero-order valence-corrected chi connectivity index (χ0v) is 13.9. The van der Waals surface area contributed by atoms with Gasteiger partial charge in [-0.25, -0.2) is 0 Å². The van der Waals surface area contributed by atoms with Crippen LogP contribution in [0.1, 0.15) is 37.7 Å². The highest BCUT2D eigenvalue weighted by atomic mass is 32.1. The lowest BCUT2D eigenvalue weighted by molar-refractivity contribution is -0.124. The molecule has 2 N–H and O–H groups in total. The van der Waals surface area contributed by atoms with Crippen LogP contribution in [-0.4, -0.2) is 34.2 Å². The minimum atomic E-state index is -0.0751. The maximum absolute atomic E-state index is 12.7. The minimum absolute atomic E-state index is 0.0692. The predicted octanol–water partition coefficient (Wildman–Crippen LogP) is 2.79. The summed E-state index contributed by atoms with van der Waals surface area (Å²) >= 11 is 5.35. The van der Waals surface area contributed by atoms with Crippen LogP contribution < -0.4 is 10.1 Å². The van der Waals surface area contributed by atoms with Gasteiger partial charge in [0.25, 0.3) is 5.91 Å². The molecule has 1 saturated carbocycles. The Morgan fingerprint density at radius 2 is 2.09 bits per heavy atom. The number of carbonyl (C=O) groups is 1. The third-order valence-corrected chi connectivity index (χ3v) is 4.66. The summed E-state index contributed by atoms with van der Waals surface area (Å²) in [4.78, 5) is 14.4. The Morgan fingerprint density at radius 3 is 2.78 bits per heavy atom. The van der Waals surface area contributed by atoms with Crippen molar-refractivity contribution < 1.29 is 14.6 Å². The summed E-state index contributed by atoms with van der Waals surface area (Å²) in [5.74, 6) is 0.366. The standard InChI is InChI=1S/C17H20N2O3S/c1-22-15-10-11(7-8-14(15)20)9-13-16(21)19(17(23)18-13)12-5-3-2-4-6-12/h7-10,12,20H,2-6H2,1H3,(H,18,23)/b13-9+. The van der Waals surface area contributed by atoms with E-state index < -0.39 is 0 Å². The number of benzene rings is 1. The van der Waals surface area contributed by atoms with Gasteiger partial charge in [-0.1, -0.05) is 25.3 Å². The van der Waals surface area contributed by atoms with Crippen molar-refractivity contribution in [2.75, 3.05) is 7.11 Å². The van der Waals surface area contributed by atoms with Gasteiger partial charge >= 0.3 is 0 Å². The van der Waals surface area contributed by atoms with Crippen LogP contribution in [0.4, 0.5) is 0 Å². The maximum Gasteiger partial charge on any atom is 0.276 e. The zero-order valence-electron chi connectivity index (χ0n) is 13.0. The number of carbonyl (C=O) groups excluding carboxylic acids is 1. The number of rotatable bonds is 3. The Hall–Kier alpha value is -2.08. The molecule has 122 valence electrons. The molecule has 0 radical (unpaired) electrons. The van der Waals surface area contributed by atoms with E-state index in [9.17, 15) is 9.90 Å². The van der Waals surface area contributed by atoms with Gasteiger partial charge in [0.2, 0.25) is 0 Å². The van der Waals surface area contributed by atoms with Crippen molar-refractivity contribution in [2.45, 2.75) is 38.1 Å². The number of nitrogens with one attached hydrogen (secondary N) is 1. The van der Waals surface area contributed by atoms with Crippen molar-refractivity contribution in [3.05, 3.63) is 29.5 Å². The smallest absolute Gasteiger partial charge is 0.276 e. The van der Waals surface area contributed by atoms with Crippen LogP contribution in [0, 0.1) is 0 Å². The van der Waals surface area contributed by atoms with E-state index in [1.165, 1.54) is 13.5 Å². The molecule has 2 fully saturated rings. The lowest BCUT2D eigenvalue weighted by Gasteiger charge is -2.29. The van der Waals surface area contributed by atoms with Gasteiger partial charge < -0.3 is 15.2 Å². The molecular formula is C17H20N2O3S. The van der Waals surface area contributed by atoms with Crippen LogP contribution in [0.2, 0.25) is 0 Å². The summed E-state index contributed by atoms with van der Waals surface area (Å²) in [5.41, 5.74) is 1.23. The molecule has 1 aliphatic carbocycles. The molecule has 1 aromatic carbocycles. The molecule has 0 unspecified atom stereocenters. The Kier molecular flexibility index (Phi) is 4.52. The second-order valence-corrected chi connectivity index (χ2v) is 6.27. The molecule has 1 saturated heterocycles. The van der Waals surface area contributed by atoms with E-state index in [1.54, 1.807) is 29.2 Å². The summed E-state index contributed by atoms with van der Waals surface area (Å²) in [6.45, 7) is 0. The summed E-state index contributed by atoms with van der Waals surface area (Å²) < 4.78 is 5.09. The molecule has 6 heteroatoms. The number of phenolic OH excluding ortho intramolecular Hbond substituents is 1. The quantitative estimate of drug-likeness (QED) is 0.658. The molecule has 1 aromatic rings. The second kappa shape index (κ2) is 6.58. The number of phenols is 1. The average molecular weight is 332 g/mol. The summed E-state index contributed by atoms with van der Waals surface area (Å²) in [6.07, 6.45) is 7.27. The molecule has 0 spiro atoms. The van der Waals surface area contributed by atoms with Crippen molar-refractivity contribution in [1.29, 1.82) is 0 Å². The molecule has 1 heterocycles. The van der Waals surface area contributed by atoms with Crippen LogP contribution >= 0.6 is 12.2 Å². The lowest BCUT2D eigenvalue weighted by Crippen LogP contribution is -2.41. The van der Waals surface area contributed by atoms with Crippen molar-refractivity contribution in [3.8, 4) is 11.5 Å². The minimum Gasteiger partial charge on any atom is -0.504 e. The molecule has 1 amide bonds. The van der Waals surface area contributed by atoms with Crippen molar-refractivity contribution in [3.63, 3.8) is 0 Å². The van der Waals surface area contributed by atoms with E-state index in [0.29, 0.717) is 16.6 Å². The van der Waals surface area contributed by atoms with E-state index in [4.69, 9.17) is 17.0 Å². The normalized spacial score (nSPS) is 20.9. The van der Waals surface area contributed by atoms with Gasteiger partial charge in [-0.05, 0) is 48.8 Å². The van der Waals surface area contributed by atoms with Crippen molar-refractivity contribution in [1.82, 2.24) is 10.2 Å². The number of aromatic hydroxyl groups is 1. The Morgan fingerprint density at radius 1 is 1.35 bits per heavy atom. The molecule has 0 atom stereocenters. The van der Waals surface area contributed by atoms with Gasteiger partial charge in [0.05, 0.1) is 7.11 Å². The highest BCUT2D eigenvalue weighted by Crippen LogP contribution is 2.29. The van der Waals surface area contributed by atoms with E-state index in [0.717, 1.165) is 31.2 Å². The van der Waals surface area contributed by atoms with Gasteiger partial charge in [-0.15, -0.1) is 0 Å². The first-order valence-electron chi connectivity index (χ1n) is 7.83. The first kappa shape index (κ1) is 15.8. The molecule has 2 aliphatic rings. The van der Waals surface area contributed by atoms with Gasteiger partial charge in [0.15, 0.2) is 16.6 Å². The van der Waals surface area contributed by atoms with Crippen molar-refractivity contribution >= 4 is 29.3 Å². The molecule has 23 heavy (non-hydrogen) atoms. The molecular weight excluding hydrogens is 312 g/mol. The fourth-order valence-corrected chi connectivity index (χ4v) is 3.51. The first-order chi connectivity index (χ1) is 11.1. The lowest BCUT2D eigenvalue weighted by atomic mass is 9.94. The fraction of sp³-hybridized carbons (Fsp3) is 0.412. The third kappa shape index (κ3) is 3.17. The number of ether oxygens (including phenoxy) is 1. The number of amides is 1. The molecule has 5 nitrogen and oxygen atoms in total. The molecule has 0 bridgehead atoms. The Labute approximate surface area is 140 Å². The number of hydrogen-bond acceptors (Lipinski definition) is 4. The highest BCUT2D eigenvalue weighted by molar-refractivity contribution is 7.80. The zero-order chi connectivity index (χ0) is 16.4. The van der Waals surface area contributed by atoms with Crippen LogP contribution in [0.15, 0.2) is 23.9 Å². The third-order valence-electron chi connectivity index (χ3n) is 4.36. The monoisotopic (exact) mass is 332 g/mol. The van der Waals surface area contributed by atoms with Crippen molar-refractivity contribution in [2.24, 2.45) is 0 Å². The largest absolute Gasteiger partial charge is 0.504 e. The highest BCUT2D eigenvalue weighted by Gasteiger charge is 2.36. The van der Waals surface area contributed by atoms with E-state index >= 15 is 0 Å². The fourth-order valence-electron chi connectivity index (χ4n) is 3.17. The number of thiocarbonyl (C=S) groups is 1. The number of nitrogens with zero attached hydrogens (tertiary/aromatic N) is 1. The molecule has 0 aromatic heterocycles. The summed E-state index contributed by atoms with van der Waals surface area (Å²) in [6, 6.07) is 5.16. The number of hydrogen-bond donors (Lipinski definition) is 2. The van der Waals surface area contributed by atoms with Crippen LogP contribution in [0.25, 0.3) is 6.08 Å².